The second-order valence-electron chi connectivity index (χ2n) is 4.99. The fourth-order valence-electron chi connectivity index (χ4n) is 2.85. The molecule has 5 heteroatoms. The second kappa shape index (κ2) is 6.82. The van der Waals surface area contributed by atoms with E-state index in [-0.39, 0.29) is 5.72 Å². The zero-order chi connectivity index (χ0) is 12.8. The Labute approximate surface area is 110 Å². The molecule has 0 aromatic heterocycles. The average molecular weight is 258 g/mol. The molecule has 2 saturated heterocycles. The van der Waals surface area contributed by atoms with Gasteiger partial charge in [0.05, 0.1) is 26.4 Å². The predicted molar refractivity (Wildman–Crippen MR) is 69.7 cm³/mol. The minimum Gasteiger partial charge on any atom is -0.379 e. The lowest BCUT2D eigenvalue weighted by atomic mass is 10.1. The second-order valence-corrected chi connectivity index (χ2v) is 4.99. The minimum atomic E-state index is -0.166. The summed E-state index contributed by atoms with van der Waals surface area (Å²) in [5, 5.41) is 0. The van der Waals surface area contributed by atoms with Gasteiger partial charge in [-0.2, -0.15) is 0 Å². The Morgan fingerprint density at radius 1 is 1.00 bits per heavy atom. The van der Waals surface area contributed by atoms with Gasteiger partial charge in [-0.25, -0.2) is 0 Å². The molecular weight excluding hydrogens is 232 g/mol. The lowest BCUT2D eigenvalue weighted by Gasteiger charge is -2.47. The highest BCUT2D eigenvalue weighted by molar-refractivity contribution is 4.86. The van der Waals surface area contributed by atoms with Crippen LogP contribution in [0, 0.1) is 0 Å². The summed E-state index contributed by atoms with van der Waals surface area (Å²) < 4.78 is 16.8. The molecule has 0 aliphatic carbocycles. The van der Waals surface area contributed by atoms with Crippen LogP contribution in [0.15, 0.2) is 0 Å². The lowest BCUT2D eigenvalue weighted by Crippen LogP contribution is -2.60. The van der Waals surface area contributed by atoms with Crippen molar-refractivity contribution in [2.24, 2.45) is 0 Å². The van der Waals surface area contributed by atoms with Gasteiger partial charge in [-0.05, 0) is 6.42 Å². The summed E-state index contributed by atoms with van der Waals surface area (Å²) in [4.78, 5) is 4.89. The first kappa shape index (κ1) is 14.2. The van der Waals surface area contributed by atoms with Crippen molar-refractivity contribution in [2.45, 2.75) is 19.1 Å². The van der Waals surface area contributed by atoms with E-state index in [0.717, 1.165) is 65.6 Å². The van der Waals surface area contributed by atoms with E-state index < -0.39 is 0 Å². The van der Waals surface area contributed by atoms with Crippen LogP contribution in [0.4, 0.5) is 0 Å². The molecule has 18 heavy (non-hydrogen) atoms. The molecule has 0 aromatic carbocycles. The Balaban J connectivity index is 1.99. The standard InChI is InChI=1S/C13H26N2O3/c1-3-13(16-2,15-6-10-18-11-7-15)12-14-4-8-17-9-5-14/h3-12H2,1-2H3. The van der Waals surface area contributed by atoms with Gasteiger partial charge in [0, 0.05) is 39.8 Å². The molecule has 0 N–H and O–H groups in total. The molecule has 5 nitrogen and oxygen atoms in total. The summed E-state index contributed by atoms with van der Waals surface area (Å²) in [5.74, 6) is 0. The Kier molecular flexibility index (Phi) is 5.38. The highest BCUT2D eigenvalue weighted by atomic mass is 16.5. The normalized spacial score (nSPS) is 27.0. The molecule has 0 aromatic rings. The topological polar surface area (TPSA) is 34.2 Å². The highest BCUT2D eigenvalue weighted by Gasteiger charge is 2.38. The SMILES string of the molecule is CCC(CN1CCOCC1)(OC)N1CCOCC1. The summed E-state index contributed by atoms with van der Waals surface area (Å²) in [7, 11) is 1.83. The maximum Gasteiger partial charge on any atom is 0.133 e. The number of hydrogen-bond acceptors (Lipinski definition) is 5. The van der Waals surface area contributed by atoms with Crippen LogP contribution < -0.4 is 0 Å². The lowest BCUT2D eigenvalue weighted by molar-refractivity contribution is -0.179. The Bertz CT molecular complexity index is 234. The smallest absolute Gasteiger partial charge is 0.133 e. The van der Waals surface area contributed by atoms with Crippen molar-refractivity contribution in [3.63, 3.8) is 0 Å². The molecule has 106 valence electrons. The van der Waals surface area contributed by atoms with E-state index >= 15 is 0 Å². The molecule has 0 saturated carbocycles. The molecule has 2 aliphatic rings. The summed E-state index contributed by atoms with van der Waals surface area (Å²) in [5.41, 5.74) is -0.166. The maximum atomic E-state index is 5.92. The summed E-state index contributed by atoms with van der Waals surface area (Å²) in [6.07, 6.45) is 1.00. The fraction of sp³-hybridized carbons (Fsp3) is 1.00. The third-order valence-corrected chi connectivity index (χ3v) is 4.09. The van der Waals surface area contributed by atoms with Crippen LogP contribution in [0.2, 0.25) is 0 Å². The van der Waals surface area contributed by atoms with Gasteiger partial charge in [-0.15, -0.1) is 0 Å². The van der Waals surface area contributed by atoms with Gasteiger partial charge in [0.1, 0.15) is 5.72 Å². The first-order chi connectivity index (χ1) is 8.80. The zero-order valence-corrected chi connectivity index (χ0v) is 11.7. The Morgan fingerprint density at radius 3 is 2.06 bits per heavy atom. The van der Waals surface area contributed by atoms with E-state index in [1.54, 1.807) is 0 Å². The van der Waals surface area contributed by atoms with E-state index in [2.05, 4.69) is 16.7 Å². The quantitative estimate of drug-likeness (QED) is 0.713. The van der Waals surface area contributed by atoms with Gasteiger partial charge in [-0.1, -0.05) is 6.92 Å². The van der Waals surface area contributed by atoms with Gasteiger partial charge in [-0.3, -0.25) is 9.80 Å². The van der Waals surface area contributed by atoms with Crippen LogP contribution >= 0.6 is 0 Å². The first-order valence-corrected chi connectivity index (χ1v) is 6.99. The molecular formula is C13H26N2O3. The zero-order valence-electron chi connectivity index (χ0n) is 11.7. The van der Waals surface area contributed by atoms with Crippen LogP contribution in [0.5, 0.6) is 0 Å². The van der Waals surface area contributed by atoms with E-state index in [0.29, 0.717) is 0 Å². The van der Waals surface area contributed by atoms with Crippen molar-refractivity contribution in [3.05, 3.63) is 0 Å². The van der Waals surface area contributed by atoms with E-state index in [1.165, 1.54) is 0 Å². The molecule has 0 amide bonds. The minimum absolute atomic E-state index is 0.166. The average Bonchev–Trinajstić information content (AvgIpc) is 2.47. The summed E-state index contributed by atoms with van der Waals surface area (Å²) in [6, 6.07) is 0. The third-order valence-electron chi connectivity index (χ3n) is 4.09. The maximum absolute atomic E-state index is 5.92. The molecule has 2 rings (SSSR count). The van der Waals surface area contributed by atoms with Gasteiger partial charge in [0.25, 0.3) is 0 Å². The first-order valence-electron chi connectivity index (χ1n) is 6.99. The van der Waals surface area contributed by atoms with Crippen LogP contribution in [-0.4, -0.2) is 81.8 Å². The van der Waals surface area contributed by atoms with Crippen molar-refractivity contribution < 1.29 is 14.2 Å². The molecule has 2 heterocycles. The number of rotatable bonds is 5. The van der Waals surface area contributed by atoms with Gasteiger partial charge >= 0.3 is 0 Å². The molecule has 1 unspecified atom stereocenters. The van der Waals surface area contributed by atoms with E-state index in [1.807, 2.05) is 7.11 Å². The molecule has 0 radical (unpaired) electrons. The van der Waals surface area contributed by atoms with Gasteiger partial charge in [0.15, 0.2) is 0 Å². The largest absolute Gasteiger partial charge is 0.379 e. The molecule has 1 atom stereocenters. The van der Waals surface area contributed by atoms with Gasteiger partial charge in [0.2, 0.25) is 0 Å². The fourth-order valence-corrected chi connectivity index (χ4v) is 2.85. The molecule has 0 spiro atoms. The number of ether oxygens (including phenoxy) is 3. The van der Waals surface area contributed by atoms with Crippen molar-refractivity contribution in [1.29, 1.82) is 0 Å². The molecule has 0 bridgehead atoms. The van der Waals surface area contributed by atoms with Crippen molar-refractivity contribution in [3.8, 4) is 0 Å². The third kappa shape index (κ3) is 3.22. The van der Waals surface area contributed by atoms with Crippen LogP contribution in [0.1, 0.15) is 13.3 Å². The number of morpholine rings is 2. The van der Waals surface area contributed by atoms with E-state index in [4.69, 9.17) is 14.2 Å². The van der Waals surface area contributed by atoms with E-state index in [9.17, 15) is 0 Å². The van der Waals surface area contributed by atoms with Crippen LogP contribution in [0.25, 0.3) is 0 Å². The summed E-state index contributed by atoms with van der Waals surface area (Å²) >= 11 is 0. The Morgan fingerprint density at radius 2 is 1.56 bits per heavy atom. The number of hydrogen-bond donors (Lipinski definition) is 0. The predicted octanol–water partition coefficient (Wildman–Crippen LogP) is 0.404. The van der Waals surface area contributed by atoms with Crippen LogP contribution in [-0.2, 0) is 14.2 Å². The van der Waals surface area contributed by atoms with Crippen molar-refractivity contribution in [1.82, 2.24) is 9.80 Å². The number of nitrogens with zero attached hydrogens (tertiary/aromatic N) is 2. The molecule has 2 aliphatic heterocycles. The van der Waals surface area contributed by atoms with Crippen molar-refractivity contribution in [2.75, 3.05) is 66.3 Å². The number of methoxy groups -OCH3 is 1. The van der Waals surface area contributed by atoms with Crippen molar-refractivity contribution >= 4 is 0 Å². The summed E-state index contributed by atoms with van der Waals surface area (Å²) in [6.45, 7) is 10.4. The van der Waals surface area contributed by atoms with Crippen LogP contribution in [0.3, 0.4) is 0 Å². The van der Waals surface area contributed by atoms with Gasteiger partial charge < -0.3 is 14.2 Å². The highest BCUT2D eigenvalue weighted by Crippen LogP contribution is 2.24. The Hall–Kier alpha value is -0.200. The monoisotopic (exact) mass is 258 g/mol. The molecule has 2 fully saturated rings.